The van der Waals surface area contributed by atoms with Crippen LogP contribution in [0, 0.1) is 16.0 Å². The maximum Gasteiger partial charge on any atom is 0.269 e. The number of carbonyl (C=O) groups is 1. The summed E-state index contributed by atoms with van der Waals surface area (Å²) in [5.74, 6) is 0.396. The highest BCUT2D eigenvalue weighted by Gasteiger charge is 2.25. The van der Waals surface area contributed by atoms with Gasteiger partial charge < -0.3 is 4.90 Å². The van der Waals surface area contributed by atoms with Crippen LogP contribution in [0.3, 0.4) is 0 Å². The molecule has 0 bridgehead atoms. The zero-order valence-electron chi connectivity index (χ0n) is 18.9. The van der Waals surface area contributed by atoms with Crippen molar-refractivity contribution in [3.63, 3.8) is 0 Å². The van der Waals surface area contributed by atoms with Crippen LogP contribution in [0.5, 0.6) is 0 Å². The highest BCUT2D eigenvalue weighted by atomic mass is 35.5. The highest BCUT2D eigenvalue weighted by Crippen LogP contribution is 2.23. The quantitative estimate of drug-likeness (QED) is 0.283. The van der Waals surface area contributed by atoms with Gasteiger partial charge in [-0.2, -0.15) is 0 Å². The SMILES string of the molecule is CC(C)CN(C(=O)/C=C/c1ccc([N+](=O)[O-])cc1)C(C)c1nc2ccc(Cl)cc2c(=O)n1C. The van der Waals surface area contributed by atoms with Crippen molar-refractivity contribution in [2.24, 2.45) is 13.0 Å². The van der Waals surface area contributed by atoms with E-state index in [1.165, 1.54) is 22.8 Å². The average molecular weight is 469 g/mol. The number of hydrogen-bond acceptors (Lipinski definition) is 5. The van der Waals surface area contributed by atoms with Crippen LogP contribution in [-0.4, -0.2) is 31.8 Å². The number of hydrogen-bond donors (Lipinski definition) is 0. The molecule has 0 aliphatic heterocycles. The van der Waals surface area contributed by atoms with E-state index in [-0.39, 0.29) is 23.1 Å². The van der Waals surface area contributed by atoms with Gasteiger partial charge in [0.05, 0.1) is 21.9 Å². The van der Waals surface area contributed by atoms with E-state index >= 15 is 0 Å². The van der Waals surface area contributed by atoms with Crippen molar-refractivity contribution in [2.45, 2.75) is 26.8 Å². The Kier molecular flexibility index (Phi) is 7.28. The van der Waals surface area contributed by atoms with Crippen LogP contribution >= 0.6 is 11.6 Å². The maximum atomic E-state index is 13.1. The molecule has 172 valence electrons. The van der Waals surface area contributed by atoms with Gasteiger partial charge in [0.25, 0.3) is 11.2 Å². The van der Waals surface area contributed by atoms with Crippen LogP contribution in [0.15, 0.2) is 53.3 Å². The average Bonchev–Trinajstić information content (AvgIpc) is 2.78. The summed E-state index contributed by atoms with van der Waals surface area (Å²) in [6.07, 6.45) is 3.04. The molecule has 1 aromatic heterocycles. The second-order valence-electron chi connectivity index (χ2n) is 8.24. The second-order valence-corrected chi connectivity index (χ2v) is 8.67. The lowest BCUT2D eigenvalue weighted by atomic mass is 10.1. The van der Waals surface area contributed by atoms with E-state index in [1.807, 2.05) is 20.8 Å². The van der Waals surface area contributed by atoms with Crippen LogP contribution in [-0.2, 0) is 11.8 Å². The molecule has 0 aliphatic carbocycles. The fourth-order valence-electron chi connectivity index (χ4n) is 3.58. The van der Waals surface area contributed by atoms with Crippen molar-refractivity contribution in [1.82, 2.24) is 14.5 Å². The summed E-state index contributed by atoms with van der Waals surface area (Å²) < 4.78 is 1.45. The standard InChI is InChI=1S/C24H25ClN4O4/c1-15(2)14-28(22(30)12-7-17-5-9-19(10-6-17)29(32)33)16(3)23-26-21-11-8-18(25)13-20(21)24(31)27(23)4/h5-13,15-16H,14H2,1-4H3/b12-7+. The van der Waals surface area contributed by atoms with Crippen LogP contribution in [0.25, 0.3) is 17.0 Å². The number of nitro groups is 1. The molecule has 0 fully saturated rings. The van der Waals surface area contributed by atoms with E-state index in [0.29, 0.717) is 33.9 Å². The third-order valence-corrected chi connectivity index (χ3v) is 5.52. The van der Waals surface area contributed by atoms with Gasteiger partial charge in [-0.25, -0.2) is 4.98 Å². The molecule has 9 heteroatoms. The van der Waals surface area contributed by atoms with E-state index < -0.39 is 11.0 Å². The van der Waals surface area contributed by atoms with Gasteiger partial charge in [0.15, 0.2) is 0 Å². The number of non-ortho nitro benzene ring substituents is 1. The molecule has 2 aromatic carbocycles. The fourth-order valence-corrected chi connectivity index (χ4v) is 3.75. The molecule has 0 N–H and O–H groups in total. The zero-order valence-corrected chi connectivity index (χ0v) is 19.6. The molecule has 0 saturated heterocycles. The molecule has 0 radical (unpaired) electrons. The smallest absolute Gasteiger partial charge is 0.269 e. The zero-order chi connectivity index (χ0) is 24.3. The van der Waals surface area contributed by atoms with Gasteiger partial charge in [-0.15, -0.1) is 0 Å². The highest BCUT2D eigenvalue weighted by molar-refractivity contribution is 6.31. The molecule has 0 spiro atoms. The number of rotatable bonds is 7. The second kappa shape index (κ2) is 9.95. The minimum atomic E-state index is -0.473. The van der Waals surface area contributed by atoms with Crippen LogP contribution in [0.2, 0.25) is 5.02 Å². The Bertz CT molecular complexity index is 1280. The first-order valence-corrected chi connectivity index (χ1v) is 10.9. The fraction of sp³-hybridized carbons (Fsp3) is 0.292. The van der Waals surface area contributed by atoms with Gasteiger partial charge in [0, 0.05) is 36.8 Å². The monoisotopic (exact) mass is 468 g/mol. The van der Waals surface area contributed by atoms with Crippen molar-refractivity contribution in [2.75, 3.05) is 6.54 Å². The van der Waals surface area contributed by atoms with E-state index in [1.54, 1.807) is 48.4 Å². The summed E-state index contributed by atoms with van der Waals surface area (Å²) in [5, 5.41) is 11.7. The molecule has 1 unspecified atom stereocenters. The largest absolute Gasteiger partial charge is 0.329 e. The summed E-state index contributed by atoms with van der Waals surface area (Å²) >= 11 is 6.03. The minimum Gasteiger partial charge on any atom is -0.329 e. The summed E-state index contributed by atoms with van der Waals surface area (Å²) in [6, 6.07) is 10.4. The topological polar surface area (TPSA) is 98.3 Å². The number of nitro benzene ring substituents is 1. The molecule has 8 nitrogen and oxygen atoms in total. The Morgan fingerprint density at radius 3 is 2.48 bits per heavy atom. The summed E-state index contributed by atoms with van der Waals surface area (Å²) in [5.41, 5.74) is 0.933. The lowest BCUT2D eigenvalue weighted by Gasteiger charge is -2.30. The molecule has 0 saturated carbocycles. The van der Waals surface area contributed by atoms with Crippen LogP contribution < -0.4 is 5.56 Å². The maximum absolute atomic E-state index is 13.1. The molecule has 33 heavy (non-hydrogen) atoms. The number of nitrogens with zero attached hydrogens (tertiary/aromatic N) is 4. The van der Waals surface area contributed by atoms with Crippen molar-refractivity contribution in [3.05, 3.63) is 85.4 Å². The summed E-state index contributed by atoms with van der Waals surface area (Å²) in [7, 11) is 1.63. The number of carbonyl (C=O) groups excluding carboxylic acids is 1. The minimum absolute atomic E-state index is 0.0156. The van der Waals surface area contributed by atoms with Gasteiger partial charge in [-0.3, -0.25) is 24.3 Å². The Hall–Kier alpha value is -3.52. The normalized spacial score (nSPS) is 12.4. The summed E-state index contributed by atoms with van der Waals surface area (Å²) in [4.78, 5) is 42.7. The Morgan fingerprint density at radius 2 is 1.88 bits per heavy atom. The molecular weight excluding hydrogens is 444 g/mol. The lowest BCUT2D eigenvalue weighted by Crippen LogP contribution is -2.38. The van der Waals surface area contributed by atoms with Gasteiger partial charge in [-0.1, -0.05) is 25.4 Å². The predicted octanol–water partition coefficient (Wildman–Crippen LogP) is 4.75. The third kappa shape index (κ3) is 5.46. The first-order chi connectivity index (χ1) is 15.6. The van der Waals surface area contributed by atoms with E-state index in [2.05, 4.69) is 4.98 Å². The van der Waals surface area contributed by atoms with Crippen molar-refractivity contribution in [1.29, 1.82) is 0 Å². The Morgan fingerprint density at radius 1 is 1.21 bits per heavy atom. The third-order valence-electron chi connectivity index (χ3n) is 5.28. The van der Waals surface area contributed by atoms with Gasteiger partial charge in [-0.05, 0) is 54.8 Å². The Balaban J connectivity index is 1.94. The van der Waals surface area contributed by atoms with Gasteiger partial charge >= 0.3 is 0 Å². The number of aromatic nitrogens is 2. The number of benzene rings is 2. The molecule has 1 atom stereocenters. The van der Waals surface area contributed by atoms with Crippen LogP contribution in [0.1, 0.15) is 38.2 Å². The van der Waals surface area contributed by atoms with Crippen molar-refractivity contribution in [3.8, 4) is 0 Å². The Labute approximate surface area is 196 Å². The van der Waals surface area contributed by atoms with E-state index in [0.717, 1.165) is 0 Å². The number of fused-ring (bicyclic) bond motifs is 1. The predicted molar refractivity (Wildman–Crippen MR) is 129 cm³/mol. The van der Waals surface area contributed by atoms with E-state index in [4.69, 9.17) is 11.6 Å². The number of halogens is 1. The van der Waals surface area contributed by atoms with Crippen LogP contribution in [0.4, 0.5) is 5.69 Å². The summed E-state index contributed by atoms with van der Waals surface area (Å²) in [6.45, 7) is 6.30. The first kappa shape index (κ1) is 24.1. The lowest BCUT2D eigenvalue weighted by molar-refractivity contribution is -0.384. The van der Waals surface area contributed by atoms with Crippen molar-refractivity contribution < 1.29 is 9.72 Å². The van der Waals surface area contributed by atoms with E-state index in [9.17, 15) is 19.7 Å². The molecule has 3 rings (SSSR count). The first-order valence-electron chi connectivity index (χ1n) is 10.5. The molecule has 1 amide bonds. The molecule has 3 aromatic rings. The van der Waals surface area contributed by atoms with Gasteiger partial charge in [0.1, 0.15) is 5.82 Å². The number of amides is 1. The van der Waals surface area contributed by atoms with Gasteiger partial charge in [0.2, 0.25) is 5.91 Å². The molecule has 0 aliphatic rings. The van der Waals surface area contributed by atoms with Crippen molar-refractivity contribution >= 4 is 40.2 Å². The molecular formula is C24H25ClN4O4. The molecule has 1 heterocycles.